The van der Waals surface area contributed by atoms with Crippen LogP contribution in [0.2, 0.25) is 0 Å². The van der Waals surface area contributed by atoms with Gasteiger partial charge in [-0.05, 0) is 92.3 Å². The number of rotatable bonds is 5. The number of hydrogen-bond donors (Lipinski definition) is 2. The van der Waals surface area contributed by atoms with Crippen LogP contribution in [0.5, 0.6) is 0 Å². The fourth-order valence-corrected chi connectivity index (χ4v) is 5.01. The van der Waals surface area contributed by atoms with Crippen molar-refractivity contribution in [1.82, 2.24) is 9.97 Å². The second kappa shape index (κ2) is 14.4. The van der Waals surface area contributed by atoms with Gasteiger partial charge in [0.15, 0.2) is 5.82 Å². The summed E-state index contributed by atoms with van der Waals surface area (Å²) in [5.41, 5.74) is -2.86. The predicted octanol–water partition coefficient (Wildman–Crippen LogP) is 8.62. The average molecular weight is 707 g/mol. The van der Waals surface area contributed by atoms with Crippen molar-refractivity contribution in [2.24, 2.45) is 5.92 Å². The number of benzene rings is 1. The zero-order valence-corrected chi connectivity index (χ0v) is 30.4. The van der Waals surface area contributed by atoms with Crippen LogP contribution in [0.3, 0.4) is 0 Å². The fraction of sp³-hybridized carbons (Fsp3) is 0.472. The van der Waals surface area contributed by atoms with Crippen molar-refractivity contribution in [3.05, 3.63) is 42.1 Å². The molecule has 2 aromatic heterocycles. The standard InChI is InChI=1S/C36H43FN6O8/c1-19-24(16-39-18-26(19)43(32(46)50-35(5,6)7)33(47)51-36(8,9)10)23-13-21-14-27(41-30(44)48-22-11-20(12-22)15-38)40-17-25(21)29(28(23)37)42-31(45)49-34(2,3)4/h13-14,16-18,20,22H,11-12H2,1-10H3,(H,42,45)(H,40,41,44). The Morgan fingerprint density at radius 3 is 1.98 bits per heavy atom. The molecule has 0 atom stereocenters. The summed E-state index contributed by atoms with van der Waals surface area (Å²) < 4.78 is 38.5. The van der Waals surface area contributed by atoms with Crippen LogP contribution < -0.4 is 15.5 Å². The van der Waals surface area contributed by atoms with Gasteiger partial charge in [-0.15, -0.1) is 0 Å². The van der Waals surface area contributed by atoms with Gasteiger partial charge in [0.25, 0.3) is 0 Å². The molecular formula is C36H43FN6O8. The molecule has 1 fully saturated rings. The topological polar surface area (TPSA) is 182 Å². The predicted molar refractivity (Wildman–Crippen MR) is 187 cm³/mol. The van der Waals surface area contributed by atoms with Crippen LogP contribution in [-0.4, -0.2) is 57.2 Å². The molecule has 0 bridgehead atoms. The Balaban J connectivity index is 1.84. The van der Waals surface area contributed by atoms with E-state index in [0.717, 1.165) is 0 Å². The van der Waals surface area contributed by atoms with E-state index < -0.39 is 53.1 Å². The van der Waals surface area contributed by atoms with Crippen LogP contribution in [0.4, 0.5) is 40.8 Å². The minimum absolute atomic E-state index is 0.0355. The number of nitrogens with one attached hydrogen (secondary N) is 2. The molecule has 1 saturated carbocycles. The fourth-order valence-electron chi connectivity index (χ4n) is 5.01. The van der Waals surface area contributed by atoms with Crippen molar-refractivity contribution in [3.8, 4) is 17.2 Å². The summed E-state index contributed by atoms with van der Waals surface area (Å²) in [4.78, 5) is 61.5. The Morgan fingerprint density at radius 2 is 1.43 bits per heavy atom. The average Bonchev–Trinajstić information content (AvgIpc) is 2.94. The molecule has 1 aromatic carbocycles. The van der Waals surface area contributed by atoms with Gasteiger partial charge in [-0.3, -0.25) is 15.6 Å². The minimum atomic E-state index is -1.04. The highest BCUT2D eigenvalue weighted by Gasteiger charge is 2.35. The first-order chi connectivity index (χ1) is 23.5. The van der Waals surface area contributed by atoms with E-state index in [1.165, 1.54) is 30.7 Å². The number of nitrogens with zero attached hydrogens (tertiary/aromatic N) is 4. The first-order valence-electron chi connectivity index (χ1n) is 16.3. The normalized spacial score (nSPS) is 15.9. The SMILES string of the molecule is Cc1c(-c2cc3cc(NC(=O)OC4CC(C#N)C4)ncc3c(NC(=O)OC(C)(C)C)c2F)cncc1N(C(=O)OC(C)(C)C)C(=O)OC(C)(C)C. The molecule has 272 valence electrons. The highest BCUT2D eigenvalue weighted by atomic mass is 19.1. The van der Waals surface area contributed by atoms with Gasteiger partial charge < -0.3 is 18.9 Å². The smallest absolute Gasteiger partial charge is 0.424 e. The van der Waals surface area contributed by atoms with Crippen molar-refractivity contribution in [2.75, 3.05) is 15.5 Å². The number of amides is 4. The lowest BCUT2D eigenvalue weighted by Crippen LogP contribution is -2.44. The van der Waals surface area contributed by atoms with Gasteiger partial charge in [-0.25, -0.2) is 28.6 Å². The Bertz CT molecular complexity index is 1870. The first kappa shape index (κ1) is 38.3. The van der Waals surface area contributed by atoms with E-state index in [4.69, 9.17) is 24.2 Å². The van der Waals surface area contributed by atoms with Crippen molar-refractivity contribution < 1.29 is 42.5 Å². The molecule has 3 aromatic rings. The largest absolute Gasteiger partial charge is 0.446 e. The van der Waals surface area contributed by atoms with Crippen LogP contribution >= 0.6 is 0 Å². The van der Waals surface area contributed by atoms with Gasteiger partial charge in [0.2, 0.25) is 0 Å². The van der Waals surface area contributed by atoms with Crippen LogP contribution in [-0.2, 0) is 18.9 Å². The van der Waals surface area contributed by atoms with Crippen LogP contribution in [0.1, 0.15) is 80.7 Å². The second-order valence-electron chi connectivity index (χ2n) is 15.1. The van der Waals surface area contributed by atoms with Crippen LogP contribution in [0.15, 0.2) is 30.7 Å². The number of imide groups is 1. The molecule has 14 nitrogen and oxygen atoms in total. The van der Waals surface area contributed by atoms with E-state index in [2.05, 4.69) is 26.7 Å². The molecule has 0 spiro atoms. The third-order valence-electron chi connectivity index (χ3n) is 7.24. The summed E-state index contributed by atoms with van der Waals surface area (Å²) in [6, 6.07) is 5.03. The summed E-state index contributed by atoms with van der Waals surface area (Å²) >= 11 is 0. The summed E-state index contributed by atoms with van der Waals surface area (Å²) in [7, 11) is 0. The van der Waals surface area contributed by atoms with E-state index in [1.807, 2.05) is 0 Å². The molecule has 4 rings (SSSR count). The number of aromatic nitrogens is 2. The van der Waals surface area contributed by atoms with Crippen LogP contribution in [0, 0.1) is 30.0 Å². The molecule has 0 unspecified atom stereocenters. The van der Waals surface area contributed by atoms with E-state index >= 15 is 4.39 Å². The maximum absolute atomic E-state index is 16.7. The lowest BCUT2D eigenvalue weighted by atomic mass is 9.84. The lowest BCUT2D eigenvalue weighted by Gasteiger charge is -2.29. The third kappa shape index (κ3) is 9.80. The van der Waals surface area contributed by atoms with E-state index in [-0.39, 0.29) is 45.2 Å². The molecule has 0 radical (unpaired) electrons. The zero-order valence-electron chi connectivity index (χ0n) is 30.4. The van der Waals surface area contributed by atoms with Gasteiger partial charge >= 0.3 is 24.4 Å². The first-order valence-corrected chi connectivity index (χ1v) is 16.3. The van der Waals surface area contributed by atoms with Crippen molar-refractivity contribution in [3.63, 3.8) is 0 Å². The maximum atomic E-state index is 16.7. The van der Waals surface area contributed by atoms with Gasteiger partial charge in [-0.2, -0.15) is 10.2 Å². The van der Waals surface area contributed by atoms with E-state index in [1.54, 1.807) is 69.2 Å². The molecule has 51 heavy (non-hydrogen) atoms. The minimum Gasteiger partial charge on any atom is -0.446 e. The number of carbonyl (C=O) groups excluding carboxylic acids is 4. The third-order valence-corrected chi connectivity index (χ3v) is 7.24. The number of anilines is 3. The van der Waals surface area contributed by atoms with Gasteiger partial charge in [-0.1, -0.05) is 0 Å². The number of nitriles is 1. The Morgan fingerprint density at radius 1 is 0.843 bits per heavy atom. The molecular weight excluding hydrogens is 663 g/mol. The maximum Gasteiger partial charge on any atom is 0.424 e. The summed E-state index contributed by atoms with van der Waals surface area (Å²) in [6.07, 6.45) is 0.537. The molecule has 1 aliphatic rings. The summed E-state index contributed by atoms with van der Waals surface area (Å²) in [5, 5.41) is 14.5. The molecule has 0 aliphatic heterocycles. The van der Waals surface area contributed by atoms with Crippen molar-refractivity contribution >= 4 is 52.3 Å². The van der Waals surface area contributed by atoms with E-state index in [9.17, 15) is 19.2 Å². The van der Waals surface area contributed by atoms with Gasteiger partial charge in [0.05, 0.1) is 29.6 Å². The number of hydrogen-bond acceptors (Lipinski definition) is 11. The molecule has 15 heteroatoms. The highest BCUT2D eigenvalue weighted by Crippen LogP contribution is 2.39. The Kier molecular flexibility index (Phi) is 10.8. The van der Waals surface area contributed by atoms with Crippen molar-refractivity contribution in [1.29, 1.82) is 5.26 Å². The quantitative estimate of drug-likeness (QED) is 0.242. The molecule has 2 heterocycles. The molecule has 2 N–H and O–H groups in total. The van der Waals surface area contributed by atoms with Crippen molar-refractivity contribution in [2.45, 2.75) is 105 Å². The van der Waals surface area contributed by atoms with Gasteiger partial charge in [0, 0.05) is 41.7 Å². The zero-order chi connectivity index (χ0) is 38.1. The van der Waals surface area contributed by atoms with Crippen LogP contribution in [0.25, 0.3) is 21.9 Å². The lowest BCUT2D eigenvalue weighted by molar-refractivity contribution is 0.0411. The Hall–Kier alpha value is -5.52. The summed E-state index contributed by atoms with van der Waals surface area (Å²) in [5.74, 6) is -0.993. The Labute approximate surface area is 295 Å². The number of carbonyl (C=O) groups is 4. The number of ether oxygens (including phenoxy) is 4. The highest BCUT2D eigenvalue weighted by molar-refractivity contribution is 6.11. The second-order valence-corrected chi connectivity index (χ2v) is 15.1. The number of halogens is 1. The van der Waals surface area contributed by atoms with Gasteiger partial charge in [0.1, 0.15) is 28.7 Å². The number of pyridine rings is 2. The molecule has 4 amide bonds. The number of fused-ring (bicyclic) bond motifs is 1. The molecule has 0 saturated heterocycles. The molecule has 1 aliphatic carbocycles. The summed E-state index contributed by atoms with van der Waals surface area (Å²) in [6.45, 7) is 16.3. The van der Waals surface area contributed by atoms with E-state index in [0.29, 0.717) is 23.1 Å². The monoisotopic (exact) mass is 706 g/mol.